The number of benzene rings is 4. The van der Waals surface area contributed by atoms with Crippen LogP contribution >= 0.6 is 0 Å². The number of hydrogen-bond acceptors (Lipinski definition) is 3. The van der Waals surface area contributed by atoms with Crippen molar-refractivity contribution < 1.29 is 25.6 Å². The Morgan fingerprint density at radius 3 is 2.19 bits per heavy atom. The molecule has 43 heavy (non-hydrogen) atoms. The van der Waals surface area contributed by atoms with Gasteiger partial charge in [-0.05, 0) is 82.2 Å². The smallest absolute Gasteiger partial charge is 0.301 e. The van der Waals surface area contributed by atoms with E-state index in [0.29, 0.717) is 16.2 Å². The molecule has 3 heterocycles. The maximum absolute atomic E-state index is 9.82. The molecule has 0 saturated carbocycles. The van der Waals surface area contributed by atoms with Gasteiger partial charge in [-0.1, -0.05) is 96.6 Å². The molecule has 0 fully saturated rings. The molecule has 5 aromatic rings. The first-order valence-corrected chi connectivity index (χ1v) is 18.1. The fourth-order valence-electron chi connectivity index (χ4n) is 5.66. The second-order valence-electron chi connectivity index (χ2n) is 14.6. The summed E-state index contributed by atoms with van der Waals surface area (Å²) in [6.45, 7) is 13.2. The van der Waals surface area contributed by atoms with Crippen molar-refractivity contribution in [1.82, 2.24) is 0 Å². The largest absolute Gasteiger partial charge is 0.466 e. The molecule has 2 aliphatic rings. The van der Waals surface area contributed by atoms with Crippen molar-refractivity contribution in [1.29, 1.82) is 0 Å². The summed E-state index contributed by atoms with van der Waals surface area (Å²) < 4.78 is 122. The van der Waals surface area contributed by atoms with Gasteiger partial charge in [0.2, 0.25) is 0 Å². The van der Waals surface area contributed by atoms with Crippen molar-refractivity contribution in [2.24, 2.45) is 0 Å². The number of rotatable bonds is 2. The van der Waals surface area contributed by atoms with Gasteiger partial charge in [-0.25, -0.2) is 0 Å². The zero-order chi connectivity index (χ0) is 41.0. The molecule has 4 aromatic carbocycles. The van der Waals surface area contributed by atoms with Gasteiger partial charge in [0.25, 0.3) is 0 Å². The van der Waals surface area contributed by atoms with E-state index in [1.165, 1.54) is 17.0 Å². The average molecular weight is 596 g/mol. The first-order chi connectivity index (χ1) is 25.1. The minimum absolute atomic E-state index is 0.00134. The number of hydrogen-bond donors (Lipinski definition) is 0. The van der Waals surface area contributed by atoms with E-state index in [1.54, 1.807) is 26.8 Å². The molecule has 0 atom stereocenters. The van der Waals surface area contributed by atoms with Crippen molar-refractivity contribution in [3.05, 3.63) is 89.3 Å². The Morgan fingerprint density at radius 2 is 1.53 bits per heavy atom. The Hall–Kier alpha value is -3.70. The number of nitrogens with zero attached hydrogens (tertiary/aromatic N) is 1. The van der Waals surface area contributed by atoms with Crippen molar-refractivity contribution in [2.75, 3.05) is 4.90 Å². The van der Waals surface area contributed by atoms with Crippen LogP contribution < -0.4 is 31.4 Å². The van der Waals surface area contributed by atoms with E-state index in [2.05, 4.69) is 0 Å². The monoisotopic (exact) mass is 595 g/mol. The predicted molar refractivity (Wildman–Crippen MR) is 187 cm³/mol. The topological polar surface area (TPSA) is 25.6 Å². The fraction of sp³-hybridized carbons (Fsp3) is 0.316. The molecule has 0 amide bonds. The summed E-state index contributed by atoms with van der Waals surface area (Å²) >= 11 is 0. The molecule has 5 heteroatoms. The molecular formula is C38H42BNO2Si. The molecule has 2 aliphatic heterocycles. The minimum Gasteiger partial charge on any atom is -0.466 e. The van der Waals surface area contributed by atoms with Crippen LogP contribution in [0.2, 0.25) is 19.6 Å². The van der Waals surface area contributed by atoms with Crippen LogP contribution in [0.1, 0.15) is 74.7 Å². The Labute approximate surface area is 274 Å². The van der Waals surface area contributed by atoms with Crippen LogP contribution in [0.4, 0.5) is 17.1 Å². The van der Waals surface area contributed by atoms with Gasteiger partial charge in [-0.15, -0.1) is 0 Å². The summed E-state index contributed by atoms with van der Waals surface area (Å²) in [5, 5.41) is 0.719. The van der Waals surface area contributed by atoms with Crippen LogP contribution in [0, 0.1) is 6.85 Å². The lowest BCUT2D eigenvalue weighted by atomic mass is 9.36. The molecule has 0 spiro atoms. The van der Waals surface area contributed by atoms with Gasteiger partial charge in [0, 0.05) is 26.6 Å². The van der Waals surface area contributed by atoms with Crippen LogP contribution in [-0.4, -0.2) is 14.8 Å². The van der Waals surface area contributed by atoms with Gasteiger partial charge in [-0.3, -0.25) is 0 Å². The van der Waals surface area contributed by atoms with E-state index in [1.807, 2.05) is 40.4 Å². The molecule has 0 saturated heterocycles. The maximum atomic E-state index is 9.82. The Bertz CT molecular complexity index is 2500. The lowest BCUT2D eigenvalue weighted by Gasteiger charge is -2.39. The highest BCUT2D eigenvalue weighted by Crippen LogP contribution is 2.44. The number of anilines is 3. The quantitative estimate of drug-likeness (QED) is 0.188. The number of fused-ring (bicyclic) bond motifs is 6. The summed E-state index contributed by atoms with van der Waals surface area (Å²) in [5.74, 6) is 0.0861. The molecule has 0 N–H and O–H groups in total. The fourth-order valence-corrected chi connectivity index (χ4v) is 6.66. The van der Waals surface area contributed by atoms with Gasteiger partial charge in [-0.2, -0.15) is 0 Å². The Morgan fingerprint density at radius 1 is 0.837 bits per heavy atom. The molecule has 0 bridgehead atoms. The summed E-state index contributed by atoms with van der Waals surface area (Å²) in [7, 11) is -2.40. The third kappa shape index (κ3) is 4.47. The first-order valence-electron chi connectivity index (χ1n) is 20.6. The molecular weight excluding hydrogens is 541 g/mol. The minimum atomic E-state index is -2.70. The normalized spacial score (nSPS) is 18.6. The molecule has 1 aromatic heterocycles. The van der Waals surface area contributed by atoms with E-state index in [0.717, 1.165) is 0 Å². The molecule has 0 radical (unpaired) electrons. The molecule has 7 rings (SSSR count). The van der Waals surface area contributed by atoms with Gasteiger partial charge >= 0.3 is 6.71 Å². The van der Waals surface area contributed by atoms with Crippen LogP contribution in [0.15, 0.2) is 77.0 Å². The summed E-state index contributed by atoms with van der Waals surface area (Å²) in [4.78, 5) is 1.40. The summed E-state index contributed by atoms with van der Waals surface area (Å²) in [6.07, 6.45) is 0. The van der Waals surface area contributed by atoms with Gasteiger partial charge in [0.05, 0.1) is 25.8 Å². The average Bonchev–Trinajstić information content (AvgIpc) is 3.42. The van der Waals surface area contributed by atoms with Crippen molar-refractivity contribution in [2.45, 2.75) is 78.9 Å². The maximum Gasteiger partial charge on any atom is 0.301 e. The van der Waals surface area contributed by atoms with E-state index < -0.39 is 44.6 Å². The van der Waals surface area contributed by atoms with Gasteiger partial charge in [0.1, 0.15) is 17.0 Å². The second-order valence-corrected chi connectivity index (χ2v) is 19.6. The lowest BCUT2D eigenvalue weighted by molar-refractivity contribution is 0.481. The summed E-state index contributed by atoms with van der Waals surface area (Å²) in [6, 6.07) is 2.50. The molecule has 0 unspecified atom stereocenters. The highest BCUT2D eigenvalue weighted by Gasteiger charge is 2.45. The van der Waals surface area contributed by atoms with Crippen LogP contribution in [0.3, 0.4) is 0 Å². The van der Waals surface area contributed by atoms with Crippen LogP contribution in [-0.2, 0) is 10.8 Å². The number of furan rings is 1. The van der Waals surface area contributed by atoms with E-state index in [4.69, 9.17) is 18.7 Å². The van der Waals surface area contributed by atoms with Crippen LogP contribution in [0.5, 0.6) is 11.5 Å². The molecule has 218 valence electrons. The highest BCUT2D eigenvalue weighted by molar-refractivity contribution is 6.99. The lowest BCUT2D eigenvalue weighted by Crippen LogP contribution is -2.59. The predicted octanol–water partition coefficient (Wildman–Crippen LogP) is 8.29. The number of aryl methyl sites for hydroxylation is 1. The standard InChI is InChI=1S/C38H42BNO2Si/c1-23-19-31-34-33(20-23)41-35-28-21-25(38(5,6)7)13-18-32(28)42-36(35)39(34)29-17-16-27(43(8,9)10)22-30(29)40(31)26-14-11-24(12-15-26)37(2,3)4/h11-22H,1-10H3/i1D3,11D,12D,13D,14D,15D,17D,18D,21D,22D. The third-order valence-corrected chi connectivity index (χ3v) is 9.99. The molecule has 3 nitrogen and oxygen atoms in total. The third-order valence-electron chi connectivity index (χ3n) is 8.10. The Kier molecular flexibility index (Phi) is 3.74. The second kappa shape index (κ2) is 9.15. The van der Waals surface area contributed by atoms with Crippen molar-refractivity contribution >= 4 is 64.6 Å². The SMILES string of the molecule is [2H]c1cc([Si](C)(C)C)c([2H])c2c1B1c3oc4c([2H])c([2H])c(C(C)(C)C)c([2H])c4c3Oc3cc(C([2H])([2H])[2H])cc(c31)N2c1c([2H])c([2H])c(C(C)(C)C)c([2H])c1[2H]. The van der Waals surface area contributed by atoms with Gasteiger partial charge in [0.15, 0.2) is 5.75 Å². The molecule has 0 aliphatic carbocycles. The van der Waals surface area contributed by atoms with E-state index >= 15 is 0 Å². The van der Waals surface area contributed by atoms with Gasteiger partial charge < -0.3 is 14.1 Å². The van der Waals surface area contributed by atoms with E-state index in [-0.39, 0.29) is 104 Å². The zero-order valence-corrected chi connectivity index (χ0v) is 27.1. The van der Waals surface area contributed by atoms with E-state index in [9.17, 15) is 6.85 Å². The first kappa shape index (κ1) is 17.6. The summed E-state index contributed by atoms with van der Waals surface area (Å²) in [5.41, 5.74) is -0.603. The van der Waals surface area contributed by atoms with Crippen LogP contribution in [0.25, 0.3) is 11.0 Å². The van der Waals surface area contributed by atoms with Crippen molar-refractivity contribution in [3.63, 3.8) is 0 Å². The Balaban J connectivity index is 1.71. The number of ether oxygens (including phenoxy) is 1. The van der Waals surface area contributed by atoms with Crippen molar-refractivity contribution in [3.8, 4) is 11.5 Å². The zero-order valence-electron chi connectivity index (χ0n) is 38.1. The highest BCUT2D eigenvalue weighted by atomic mass is 28.3.